The first-order valence-corrected chi connectivity index (χ1v) is 8.93. The third-order valence-corrected chi connectivity index (χ3v) is 5.11. The lowest BCUT2D eigenvalue weighted by atomic mass is 9.76. The van der Waals surface area contributed by atoms with E-state index in [0.29, 0.717) is 24.9 Å². The Morgan fingerprint density at radius 2 is 2.04 bits per heavy atom. The van der Waals surface area contributed by atoms with Gasteiger partial charge in [0.2, 0.25) is 0 Å². The van der Waals surface area contributed by atoms with E-state index in [1.165, 1.54) is 0 Å². The molecule has 4 heterocycles. The summed E-state index contributed by atoms with van der Waals surface area (Å²) in [6, 6.07) is 5.94. The van der Waals surface area contributed by atoms with E-state index in [2.05, 4.69) is 31.2 Å². The van der Waals surface area contributed by atoms with Crippen molar-refractivity contribution in [3.8, 4) is 11.6 Å². The molecule has 0 radical (unpaired) electrons. The van der Waals surface area contributed by atoms with Gasteiger partial charge in [0.25, 0.3) is 5.89 Å². The zero-order valence-corrected chi connectivity index (χ0v) is 15.7. The van der Waals surface area contributed by atoms with Gasteiger partial charge < -0.3 is 9.26 Å². The molecule has 3 aromatic heterocycles. The normalized spacial score (nSPS) is 16.9. The molecule has 25 heavy (non-hydrogen) atoms. The lowest BCUT2D eigenvalue weighted by Crippen LogP contribution is -2.37. The summed E-state index contributed by atoms with van der Waals surface area (Å²) in [5, 5.41) is 8.65. The average Bonchev–Trinajstić information content (AvgIpc) is 3.22. The summed E-state index contributed by atoms with van der Waals surface area (Å²) in [5.41, 5.74) is 2.26. The highest BCUT2D eigenvalue weighted by atomic mass is 79.9. The molecule has 1 aliphatic rings. The van der Waals surface area contributed by atoms with Crippen molar-refractivity contribution in [3.05, 3.63) is 46.1 Å². The van der Waals surface area contributed by atoms with Crippen LogP contribution in [0.2, 0.25) is 0 Å². The Bertz CT molecular complexity index is 881. The lowest BCUT2D eigenvalue weighted by molar-refractivity contribution is 0.0584. The molecular weight excluding hydrogens is 386 g/mol. The monoisotopic (exact) mass is 403 g/mol. The molecule has 130 valence electrons. The molecule has 1 saturated heterocycles. The Morgan fingerprint density at radius 3 is 2.68 bits per heavy atom. The van der Waals surface area contributed by atoms with Crippen molar-refractivity contribution in [3.63, 3.8) is 0 Å². The van der Waals surface area contributed by atoms with Gasteiger partial charge in [0.05, 0.1) is 16.8 Å². The maximum Gasteiger partial charge on any atom is 0.276 e. The van der Waals surface area contributed by atoms with Crippen molar-refractivity contribution < 1.29 is 9.26 Å². The highest BCUT2D eigenvalue weighted by molar-refractivity contribution is 9.10. The predicted octanol–water partition coefficient (Wildman–Crippen LogP) is 3.03. The number of halogens is 1. The first kappa shape index (κ1) is 16.4. The fraction of sp³-hybridized carbons (Fsp3) is 0.412. The van der Waals surface area contributed by atoms with Crippen LogP contribution in [-0.2, 0) is 17.2 Å². The number of pyridine rings is 1. The van der Waals surface area contributed by atoms with E-state index in [9.17, 15) is 0 Å². The molecule has 8 heteroatoms. The maximum absolute atomic E-state index is 5.57. The summed E-state index contributed by atoms with van der Waals surface area (Å²) < 4.78 is 13.8. The first-order chi connectivity index (χ1) is 12.1. The minimum Gasteiger partial charge on any atom is -0.381 e. The summed E-state index contributed by atoms with van der Waals surface area (Å²) in [4.78, 5) is 9.32. The van der Waals surface area contributed by atoms with E-state index in [4.69, 9.17) is 14.2 Å². The Labute approximate surface area is 153 Å². The molecule has 0 atom stereocenters. The van der Waals surface area contributed by atoms with E-state index in [1.54, 1.807) is 10.9 Å². The van der Waals surface area contributed by atoms with E-state index >= 15 is 0 Å². The van der Waals surface area contributed by atoms with Gasteiger partial charge in [0.1, 0.15) is 5.69 Å². The molecule has 3 aromatic rings. The maximum atomic E-state index is 5.57. The highest BCUT2D eigenvalue weighted by Crippen LogP contribution is 2.39. The highest BCUT2D eigenvalue weighted by Gasteiger charge is 2.42. The van der Waals surface area contributed by atoms with Crippen molar-refractivity contribution in [2.45, 2.75) is 25.2 Å². The van der Waals surface area contributed by atoms with Gasteiger partial charge >= 0.3 is 0 Å². The fourth-order valence-corrected chi connectivity index (χ4v) is 3.54. The van der Waals surface area contributed by atoms with Gasteiger partial charge in [-0.1, -0.05) is 5.16 Å². The summed E-state index contributed by atoms with van der Waals surface area (Å²) in [7, 11) is 1.87. The molecule has 1 aliphatic heterocycles. The molecule has 0 N–H and O–H groups in total. The quantitative estimate of drug-likeness (QED) is 0.668. The average molecular weight is 404 g/mol. The number of hydrogen-bond donors (Lipinski definition) is 0. The number of aryl methyl sites for hydroxylation is 2. The van der Waals surface area contributed by atoms with Gasteiger partial charge in [0.15, 0.2) is 5.82 Å². The molecular formula is C17H18BrN5O2. The molecule has 0 saturated carbocycles. The summed E-state index contributed by atoms with van der Waals surface area (Å²) >= 11 is 3.44. The summed E-state index contributed by atoms with van der Waals surface area (Å²) in [6.07, 6.45) is 3.34. The topological polar surface area (TPSA) is 78.9 Å². The minimum atomic E-state index is -0.395. The van der Waals surface area contributed by atoms with Crippen molar-refractivity contribution in [1.82, 2.24) is 24.9 Å². The Hall–Kier alpha value is -2.06. The number of rotatable bonds is 3. The van der Waals surface area contributed by atoms with Crippen LogP contribution in [0.25, 0.3) is 11.6 Å². The zero-order chi connectivity index (χ0) is 17.4. The van der Waals surface area contributed by atoms with Crippen LogP contribution in [0, 0.1) is 6.92 Å². The fourth-order valence-electron chi connectivity index (χ4n) is 3.31. The van der Waals surface area contributed by atoms with E-state index in [1.807, 2.05) is 32.2 Å². The summed E-state index contributed by atoms with van der Waals surface area (Å²) in [6.45, 7) is 3.23. The second-order valence-electron chi connectivity index (χ2n) is 6.27. The lowest BCUT2D eigenvalue weighted by Gasteiger charge is -2.33. The summed E-state index contributed by atoms with van der Waals surface area (Å²) in [5.74, 6) is 1.13. The molecule has 7 nitrogen and oxygen atoms in total. The van der Waals surface area contributed by atoms with Crippen LogP contribution < -0.4 is 0 Å². The number of nitrogens with zero attached hydrogens (tertiary/aromatic N) is 5. The molecule has 0 aromatic carbocycles. The Morgan fingerprint density at radius 1 is 1.24 bits per heavy atom. The molecule has 0 aliphatic carbocycles. The molecule has 0 bridgehead atoms. The van der Waals surface area contributed by atoms with Crippen LogP contribution in [0.1, 0.15) is 30.1 Å². The molecule has 1 fully saturated rings. The molecule has 0 amide bonds. The first-order valence-electron chi connectivity index (χ1n) is 8.13. The largest absolute Gasteiger partial charge is 0.381 e. The zero-order valence-electron chi connectivity index (χ0n) is 14.1. The second-order valence-corrected chi connectivity index (χ2v) is 7.19. The van der Waals surface area contributed by atoms with E-state index in [-0.39, 0.29) is 0 Å². The Kier molecular flexibility index (Phi) is 4.16. The van der Waals surface area contributed by atoms with Gasteiger partial charge in [-0.15, -0.1) is 0 Å². The molecule has 0 spiro atoms. The van der Waals surface area contributed by atoms with Gasteiger partial charge in [-0.3, -0.25) is 9.67 Å². The third kappa shape index (κ3) is 2.89. The van der Waals surface area contributed by atoms with Crippen molar-refractivity contribution in [2.24, 2.45) is 7.05 Å². The van der Waals surface area contributed by atoms with Gasteiger partial charge in [0, 0.05) is 30.9 Å². The Balaban J connectivity index is 1.78. The van der Waals surface area contributed by atoms with Crippen LogP contribution in [0.5, 0.6) is 0 Å². The van der Waals surface area contributed by atoms with Crippen LogP contribution >= 0.6 is 15.9 Å². The van der Waals surface area contributed by atoms with Crippen molar-refractivity contribution in [2.75, 3.05) is 13.2 Å². The standard InChI is InChI=1S/C17H18BrN5O2/c1-11-9-13(23(2)21-11)15-20-16(22-25-15)17(5-7-24-8-6-17)14-4-3-12(18)10-19-14/h3-4,9-10H,5-8H2,1-2H3. The van der Waals surface area contributed by atoms with Crippen LogP contribution in [0.3, 0.4) is 0 Å². The number of ether oxygens (including phenoxy) is 1. The number of hydrogen-bond acceptors (Lipinski definition) is 6. The van der Waals surface area contributed by atoms with Crippen LogP contribution in [-0.4, -0.2) is 38.1 Å². The minimum absolute atomic E-state index is 0.395. The predicted molar refractivity (Wildman–Crippen MR) is 94.0 cm³/mol. The van der Waals surface area contributed by atoms with Gasteiger partial charge in [-0.05, 0) is 53.9 Å². The van der Waals surface area contributed by atoms with Crippen LogP contribution in [0.15, 0.2) is 33.4 Å². The van der Waals surface area contributed by atoms with Gasteiger partial charge in [-0.25, -0.2) is 0 Å². The third-order valence-electron chi connectivity index (χ3n) is 4.64. The SMILES string of the molecule is Cc1cc(-c2nc(C3(c4ccc(Br)cn4)CCOCC3)no2)n(C)n1. The van der Waals surface area contributed by atoms with E-state index in [0.717, 1.165) is 34.4 Å². The van der Waals surface area contributed by atoms with Crippen LogP contribution in [0.4, 0.5) is 0 Å². The van der Waals surface area contributed by atoms with Crippen molar-refractivity contribution in [1.29, 1.82) is 0 Å². The molecule has 4 rings (SSSR count). The molecule has 0 unspecified atom stereocenters. The number of aromatic nitrogens is 5. The van der Waals surface area contributed by atoms with Crippen molar-refractivity contribution >= 4 is 15.9 Å². The second kappa shape index (κ2) is 6.34. The van der Waals surface area contributed by atoms with E-state index < -0.39 is 5.41 Å². The smallest absolute Gasteiger partial charge is 0.276 e. The van der Waals surface area contributed by atoms with Gasteiger partial charge in [-0.2, -0.15) is 10.1 Å².